The van der Waals surface area contributed by atoms with Crippen molar-refractivity contribution < 1.29 is 14.0 Å². The van der Waals surface area contributed by atoms with Crippen LogP contribution in [0.3, 0.4) is 0 Å². The van der Waals surface area contributed by atoms with E-state index in [0.717, 1.165) is 11.1 Å². The first-order valence-corrected chi connectivity index (χ1v) is 6.99. The number of carbonyl (C=O) groups is 1. The SMILES string of the molecule is C[O+]=C1C=CC(=CC(OCc2ccccc2)C(=O)NN=O)C=C1. The molecule has 0 aromatic heterocycles. The minimum atomic E-state index is -0.929. The Bertz CT molecular complexity index is 657. The van der Waals surface area contributed by atoms with E-state index in [1.807, 2.05) is 35.8 Å². The number of ketones is 1. The van der Waals surface area contributed by atoms with E-state index in [1.165, 1.54) is 0 Å². The maximum absolute atomic E-state index is 11.9. The van der Waals surface area contributed by atoms with Gasteiger partial charge in [0.1, 0.15) is 0 Å². The first-order chi connectivity index (χ1) is 11.2. The van der Waals surface area contributed by atoms with Crippen LogP contribution < -0.4 is 5.43 Å². The van der Waals surface area contributed by atoms with Crippen LogP contribution in [0, 0.1) is 4.91 Å². The fraction of sp³-hybridized carbons (Fsp3) is 0.176. The van der Waals surface area contributed by atoms with Crippen LogP contribution >= 0.6 is 0 Å². The van der Waals surface area contributed by atoms with Crippen LogP contribution in [0.2, 0.25) is 0 Å². The summed E-state index contributed by atoms with van der Waals surface area (Å²) >= 11 is 0. The Hall–Kier alpha value is -2.86. The average molecular weight is 313 g/mol. The number of hydrogen-bond donors (Lipinski definition) is 1. The highest BCUT2D eigenvalue weighted by Crippen LogP contribution is 2.11. The summed E-state index contributed by atoms with van der Waals surface area (Å²) in [5.74, 6) is 0.0923. The molecule has 0 saturated carbocycles. The van der Waals surface area contributed by atoms with Gasteiger partial charge in [0.05, 0.1) is 11.9 Å². The third-order valence-corrected chi connectivity index (χ3v) is 3.15. The zero-order chi connectivity index (χ0) is 16.5. The van der Waals surface area contributed by atoms with Crippen molar-refractivity contribution in [3.63, 3.8) is 0 Å². The molecule has 6 nitrogen and oxygen atoms in total. The number of amides is 1. The molecule has 1 aliphatic rings. The largest absolute Gasteiger partial charge is 0.359 e. The number of nitrogens with one attached hydrogen (secondary N) is 1. The molecule has 0 fully saturated rings. The van der Waals surface area contributed by atoms with Gasteiger partial charge in [-0.3, -0.25) is 9.22 Å². The molecule has 0 aliphatic heterocycles. The second kappa shape index (κ2) is 8.55. The molecule has 0 radical (unpaired) electrons. The topological polar surface area (TPSA) is 79.1 Å². The van der Waals surface area contributed by atoms with Gasteiger partial charge in [0, 0.05) is 12.2 Å². The average Bonchev–Trinajstić information content (AvgIpc) is 2.60. The predicted octanol–water partition coefficient (Wildman–Crippen LogP) is 2.16. The summed E-state index contributed by atoms with van der Waals surface area (Å²) < 4.78 is 10.7. The fourth-order valence-corrected chi connectivity index (χ4v) is 1.96. The third-order valence-electron chi connectivity index (χ3n) is 3.15. The summed E-state index contributed by atoms with van der Waals surface area (Å²) in [7, 11) is 1.58. The lowest BCUT2D eigenvalue weighted by molar-refractivity contribution is -0.417. The van der Waals surface area contributed by atoms with Gasteiger partial charge in [-0.1, -0.05) is 30.3 Å². The monoisotopic (exact) mass is 313 g/mol. The van der Waals surface area contributed by atoms with Crippen LogP contribution in [0.15, 0.2) is 71.6 Å². The minimum absolute atomic E-state index is 0.241. The van der Waals surface area contributed by atoms with E-state index < -0.39 is 12.0 Å². The van der Waals surface area contributed by atoms with Crippen LogP contribution in [0.5, 0.6) is 0 Å². The van der Waals surface area contributed by atoms with Crippen LogP contribution in [-0.2, 0) is 20.6 Å². The van der Waals surface area contributed by atoms with Crippen molar-refractivity contribution in [2.75, 3.05) is 7.11 Å². The highest BCUT2D eigenvalue weighted by Gasteiger charge is 2.18. The van der Waals surface area contributed by atoms with Gasteiger partial charge in [-0.2, -0.15) is 0 Å². The van der Waals surface area contributed by atoms with Crippen molar-refractivity contribution in [3.05, 3.63) is 76.8 Å². The quantitative estimate of drug-likeness (QED) is 0.496. The minimum Gasteiger partial charge on any atom is -0.359 e. The smallest absolute Gasteiger partial charge is 0.343 e. The number of ether oxygens (including phenoxy) is 1. The van der Waals surface area contributed by atoms with Gasteiger partial charge >= 0.3 is 5.78 Å². The molecule has 0 saturated heterocycles. The summed E-state index contributed by atoms with van der Waals surface area (Å²) in [4.78, 5) is 22.2. The molecule has 6 heteroatoms. The Morgan fingerprint density at radius 2 is 1.96 bits per heavy atom. The van der Waals surface area contributed by atoms with Gasteiger partial charge in [0.15, 0.2) is 6.10 Å². The van der Waals surface area contributed by atoms with E-state index in [0.29, 0.717) is 5.78 Å². The molecule has 23 heavy (non-hydrogen) atoms. The molecule has 1 amide bonds. The van der Waals surface area contributed by atoms with E-state index in [9.17, 15) is 9.70 Å². The highest BCUT2D eigenvalue weighted by atomic mass is 16.5. The van der Waals surface area contributed by atoms with Crippen molar-refractivity contribution in [3.8, 4) is 0 Å². The first-order valence-electron chi connectivity index (χ1n) is 6.99. The van der Waals surface area contributed by atoms with Crippen molar-refractivity contribution in [1.82, 2.24) is 5.43 Å². The fourth-order valence-electron chi connectivity index (χ4n) is 1.96. The Balaban J connectivity index is 2.10. The molecular formula is C17H17N2O4+. The van der Waals surface area contributed by atoms with E-state index in [4.69, 9.17) is 9.16 Å². The molecule has 2 rings (SSSR count). The van der Waals surface area contributed by atoms with Crippen LogP contribution in [0.4, 0.5) is 0 Å². The van der Waals surface area contributed by atoms with Crippen LogP contribution in [0.1, 0.15) is 5.56 Å². The van der Waals surface area contributed by atoms with Gasteiger partial charge in [-0.05, 0) is 29.4 Å². The van der Waals surface area contributed by atoms with Crippen molar-refractivity contribution in [2.45, 2.75) is 12.7 Å². The Morgan fingerprint density at radius 3 is 2.57 bits per heavy atom. The summed E-state index contributed by atoms with van der Waals surface area (Å²) in [5.41, 5.74) is 3.57. The lowest BCUT2D eigenvalue weighted by Crippen LogP contribution is -2.32. The Kier molecular flexibility index (Phi) is 6.14. The zero-order valence-electron chi connectivity index (χ0n) is 12.6. The summed E-state index contributed by atoms with van der Waals surface area (Å²) in [5, 5.41) is 2.41. The van der Waals surface area contributed by atoms with Crippen LogP contribution in [-0.4, -0.2) is 24.9 Å². The summed E-state index contributed by atoms with van der Waals surface area (Å²) in [6.07, 6.45) is 7.81. The highest BCUT2D eigenvalue weighted by molar-refractivity contribution is 6.01. The maximum atomic E-state index is 11.9. The Labute approximate surface area is 133 Å². The van der Waals surface area contributed by atoms with Gasteiger partial charge in [-0.15, -0.1) is 4.91 Å². The van der Waals surface area contributed by atoms with Gasteiger partial charge in [-0.25, -0.2) is 5.43 Å². The first kappa shape index (κ1) is 16.5. The van der Waals surface area contributed by atoms with Gasteiger partial charge < -0.3 is 4.74 Å². The summed E-state index contributed by atoms with van der Waals surface area (Å²) in [6, 6.07) is 9.44. The molecule has 1 unspecified atom stereocenters. The third kappa shape index (κ3) is 5.12. The second-order valence-electron chi connectivity index (χ2n) is 4.72. The van der Waals surface area contributed by atoms with E-state index in [-0.39, 0.29) is 6.61 Å². The van der Waals surface area contributed by atoms with Gasteiger partial charge in [0.25, 0.3) is 13.0 Å². The van der Waals surface area contributed by atoms with E-state index >= 15 is 0 Å². The molecule has 1 aromatic rings. The molecule has 0 bridgehead atoms. The molecule has 1 N–H and O–H groups in total. The predicted molar refractivity (Wildman–Crippen MR) is 86.3 cm³/mol. The van der Waals surface area contributed by atoms with Gasteiger partial charge in [0.2, 0.25) is 0 Å². The molecule has 0 spiro atoms. The number of nitroso groups, excluding NO2 is 1. The van der Waals surface area contributed by atoms with Crippen molar-refractivity contribution >= 4 is 11.7 Å². The molecule has 1 atom stereocenters. The lowest BCUT2D eigenvalue weighted by atomic mass is 10.1. The lowest BCUT2D eigenvalue weighted by Gasteiger charge is -2.13. The second-order valence-corrected chi connectivity index (χ2v) is 4.72. The molecule has 1 aromatic carbocycles. The number of allylic oxidation sites excluding steroid dienone is 5. The molecule has 0 heterocycles. The molecule has 118 valence electrons. The van der Waals surface area contributed by atoms with E-state index in [2.05, 4.69) is 5.29 Å². The van der Waals surface area contributed by atoms with Crippen molar-refractivity contribution in [2.24, 2.45) is 5.29 Å². The Morgan fingerprint density at radius 1 is 1.26 bits per heavy atom. The van der Waals surface area contributed by atoms with Crippen LogP contribution in [0.25, 0.3) is 0 Å². The number of carbonyl (C=O) groups excluding carboxylic acids is 2. The number of benzene rings is 1. The maximum Gasteiger partial charge on any atom is 0.343 e. The van der Waals surface area contributed by atoms with Crippen molar-refractivity contribution in [1.29, 1.82) is 0 Å². The number of hydrogen-bond acceptors (Lipinski definition) is 4. The number of nitrogens with zero attached hydrogens (tertiary/aromatic N) is 1. The van der Waals surface area contributed by atoms with E-state index in [1.54, 1.807) is 37.5 Å². The standard InChI is InChI=1S/C17H16N2O4/c1-22-15-9-7-13(8-10-15)11-16(17(20)18-19-21)23-12-14-5-3-2-4-6-14/h2-11,16H,12H2,1H3/p+1. The number of rotatable bonds is 6. The molecule has 1 aliphatic carbocycles. The normalized spacial score (nSPS) is 14.3. The summed E-state index contributed by atoms with van der Waals surface area (Å²) in [6.45, 7) is 0.241. The zero-order valence-corrected chi connectivity index (χ0v) is 12.6. The molecular weight excluding hydrogens is 296 g/mol.